The molecule has 2 aromatic carbocycles. The number of nitrogens with zero attached hydrogens (tertiary/aromatic N) is 2. The average molecular weight is 481 g/mol. The molecule has 1 aromatic heterocycles. The molecular weight excluding hydrogens is 457 g/mol. The molecule has 0 bridgehead atoms. The fourth-order valence-corrected chi connectivity index (χ4v) is 6.86. The smallest absolute Gasteiger partial charge is 0.348 e. The van der Waals surface area contributed by atoms with Gasteiger partial charge in [0, 0.05) is 24.0 Å². The highest BCUT2D eigenvalue weighted by molar-refractivity contribution is 7.92. The van der Waals surface area contributed by atoms with Gasteiger partial charge in [-0.1, -0.05) is 29.8 Å². The van der Waals surface area contributed by atoms with Gasteiger partial charge >= 0.3 is 6.18 Å². The molecule has 0 saturated carbocycles. The maximum atomic E-state index is 13.3. The minimum atomic E-state index is -4.71. The molecule has 2 heterocycles. The summed E-state index contributed by atoms with van der Waals surface area (Å²) in [6.07, 6.45) is -4.20. The monoisotopic (exact) mass is 480 g/mol. The molecule has 4 nitrogen and oxygen atoms in total. The predicted octanol–water partition coefficient (Wildman–Crippen LogP) is 5.89. The summed E-state index contributed by atoms with van der Waals surface area (Å²) in [6, 6.07) is 10.6. The highest BCUT2D eigenvalue weighted by Crippen LogP contribution is 2.38. The van der Waals surface area contributed by atoms with Crippen molar-refractivity contribution in [1.29, 1.82) is 0 Å². The quantitative estimate of drug-likeness (QED) is 0.467. The molecular formula is C23H23F3N2O2S2. The zero-order valence-corrected chi connectivity index (χ0v) is 19.3. The van der Waals surface area contributed by atoms with Crippen LogP contribution in [0.25, 0.3) is 11.3 Å². The second-order valence-electron chi connectivity index (χ2n) is 8.06. The minimum Gasteiger partial charge on any atom is -0.348 e. The van der Waals surface area contributed by atoms with Crippen molar-refractivity contribution in [3.8, 4) is 11.3 Å². The van der Waals surface area contributed by atoms with Crippen molar-refractivity contribution in [2.24, 2.45) is 0 Å². The van der Waals surface area contributed by atoms with Gasteiger partial charge < -0.3 is 4.90 Å². The highest BCUT2D eigenvalue weighted by atomic mass is 32.2. The largest absolute Gasteiger partial charge is 0.417 e. The van der Waals surface area contributed by atoms with Crippen LogP contribution < -0.4 is 4.90 Å². The first-order valence-electron chi connectivity index (χ1n) is 10.3. The Balaban J connectivity index is 1.51. The first kappa shape index (κ1) is 22.8. The molecule has 32 heavy (non-hydrogen) atoms. The summed E-state index contributed by atoms with van der Waals surface area (Å²) in [5.41, 5.74) is 3.11. The maximum Gasteiger partial charge on any atom is 0.417 e. The first-order chi connectivity index (χ1) is 15.1. The molecule has 170 valence electrons. The van der Waals surface area contributed by atoms with Crippen LogP contribution in [-0.4, -0.2) is 31.7 Å². The number of benzene rings is 2. The second-order valence-corrected chi connectivity index (χ2v) is 11.1. The van der Waals surface area contributed by atoms with Gasteiger partial charge in [0.05, 0.1) is 21.4 Å². The van der Waals surface area contributed by atoms with Crippen LogP contribution in [0.3, 0.4) is 0 Å². The van der Waals surface area contributed by atoms with Crippen LogP contribution in [0.15, 0.2) is 52.7 Å². The van der Waals surface area contributed by atoms with Gasteiger partial charge in [-0.05, 0) is 50.5 Å². The van der Waals surface area contributed by atoms with Gasteiger partial charge in [-0.25, -0.2) is 13.4 Å². The number of alkyl halides is 3. The summed E-state index contributed by atoms with van der Waals surface area (Å²) in [5, 5.41) is 1.94. The topological polar surface area (TPSA) is 50.3 Å². The molecule has 1 aliphatic heterocycles. The number of thiazole rings is 1. The summed E-state index contributed by atoms with van der Waals surface area (Å²) in [5.74, 6) is 0. The number of anilines is 1. The number of rotatable bonds is 4. The molecule has 3 aromatic rings. The molecule has 1 aliphatic rings. The van der Waals surface area contributed by atoms with Crippen LogP contribution in [0.5, 0.6) is 0 Å². The zero-order valence-electron chi connectivity index (χ0n) is 17.7. The molecule has 4 rings (SSSR count). The van der Waals surface area contributed by atoms with Crippen molar-refractivity contribution in [3.63, 3.8) is 0 Å². The lowest BCUT2D eigenvalue weighted by molar-refractivity contribution is -0.139. The SMILES string of the molecule is Cc1ccc(C)c(-c2csc(N3CCC(S(=O)(=O)c4ccccc4C(F)(F)F)CC3)n2)c1. The van der Waals surface area contributed by atoms with Gasteiger partial charge in [-0.15, -0.1) is 11.3 Å². The highest BCUT2D eigenvalue weighted by Gasteiger charge is 2.40. The van der Waals surface area contributed by atoms with Crippen LogP contribution in [-0.2, 0) is 16.0 Å². The molecule has 0 N–H and O–H groups in total. The van der Waals surface area contributed by atoms with E-state index in [1.807, 2.05) is 30.2 Å². The molecule has 1 fully saturated rings. The van der Waals surface area contributed by atoms with Crippen molar-refractivity contribution in [2.45, 2.75) is 43.0 Å². The van der Waals surface area contributed by atoms with E-state index < -0.39 is 31.7 Å². The standard InChI is InChI=1S/C23H23F3N2O2S2/c1-15-7-8-16(2)18(13-15)20-14-31-22(27-20)28-11-9-17(10-12-28)32(29,30)21-6-4-3-5-19(21)23(24,25)26/h3-8,13-14,17H,9-12H2,1-2H3. The minimum absolute atomic E-state index is 0.257. The molecule has 0 aliphatic carbocycles. The maximum absolute atomic E-state index is 13.3. The molecule has 9 heteroatoms. The van der Waals surface area contributed by atoms with Crippen molar-refractivity contribution in [3.05, 3.63) is 64.5 Å². The van der Waals surface area contributed by atoms with Gasteiger partial charge in [0.25, 0.3) is 0 Å². The fourth-order valence-electron chi connectivity index (χ4n) is 4.03. The van der Waals surface area contributed by atoms with E-state index in [4.69, 9.17) is 4.98 Å². The Morgan fingerprint density at radius 1 is 1.06 bits per heavy atom. The van der Waals surface area contributed by atoms with E-state index in [1.54, 1.807) is 0 Å². The van der Waals surface area contributed by atoms with Crippen LogP contribution in [0.4, 0.5) is 18.3 Å². The normalized spacial score (nSPS) is 15.8. The van der Waals surface area contributed by atoms with E-state index in [0.717, 1.165) is 39.6 Å². The van der Waals surface area contributed by atoms with Gasteiger partial charge in [-0.3, -0.25) is 0 Å². The molecule has 0 radical (unpaired) electrons. The number of sulfone groups is 1. The second kappa shape index (κ2) is 8.51. The first-order valence-corrected chi connectivity index (χ1v) is 12.7. The number of aromatic nitrogens is 1. The van der Waals surface area contributed by atoms with Crippen molar-refractivity contribution in [1.82, 2.24) is 4.98 Å². The van der Waals surface area contributed by atoms with E-state index >= 15 is 0 Å². The van der Waals surface area contributed by atoms with E-state index in [1.165, 1.54) is 23.5 Å². The lowest BCUT2D eigenvalue weighted by Crippen LogP contribution is -2.39. The fraction of sp³-hybridized carbons (Fsp3) is 0.348. The van der Waals surface area contributed by atoms with E-state index in [2.05, 4.69) is 12.1 Å². The molecule has 0 unspecified atom stereocenters. The van der Waals surface area contributed by atoms with E-state index in [0.29, 0.717) is 13.1 Å². The summed E-state index contributed by atoms with van der Waals surface area (Å²) < 4.78 is 66.1. The van der Waals surface area contributed by atoms with Crippen LogP contribution in [0.2, 0.25) is 0 Å². The molecule has 0 spiro atoms. The lowest BCUT2D eigenvalue weighted by atomic mass is 10.0. The van der Waals surface area contributed by atoms with Crippen molar-refractivity contribution >= 4 is 26.3 Å². The van der Waals surface area contributed by atoms with Gasteiger partial charge in [0.1, 0.15) is 0 Å². The van der Waals surface area contributed by atoms with E-state index in [9.17, 15) is 21.6 Å². The summed E-state index contributed by atoms with van der Waals surface area (Å²) in [7, 11) is -4.09. The van der Waals surface area contributed by atoms with E-state index in [-0.39, 0.29) is 12.8 Å². The Kier molecular flexibility index (Phi) is 6.06. The number of piperidine rings is 1. The Morgan fingerprint density at radius 2 is 1.75 bits per heavy atom. The molecule has 0 atom stereocenters. The number of halogens is 3. The van der Waals surface area contributed by atoms with Gasteiger partial charge in [0.2, 0.25) is 0 Å². The number of hydrogen-bond donors (Lipinski definition) is 0. The Morgan fingerprint density at radius 3 is 2.44 bits per heavy atom. The summed E-state index contributed by atoms with van der Waals surface area (Å²) >= 11 is 1.49. The summed E-state index contributed by atoms with van der Waals surface area (Å²) in [6.45, 7) is 4.91. The Bertz CT molecular complexity index is 1230. The average Bonchev–Trinajstić information content (AvgIpc) is 3.25. The lowest BCUT2D eigenvalue weighted by Gasteiger charge is -2.31. The number of aryl methyl sites for hydroxylation is 2. The number of hydrogen-bond acceptors (Lipinski definition) is 5. The third-order valence-corrected chi connectivity index (χ3v) is 9.03. The summed E-state index contributed by atoms with van der Waals surface area (Å²) in [4.78, 5) is 6.13. The predicted molar refractivity (Wildman–Crippen MR) is 121 cm³/mol. The molecule has 0 amide bonds. The van der Waals surface area contributed by atoms with Crippen LogP contribution in [0, 0.1) is 13.8 Å². The Hall–Kier alpha value is -2.39. The Labute approximate surface area is 189 Å². The van der Waals surface area contributed by atoms with Crippen molar-refractivity contribution < 1.29 is 21.6 Å². The van der Waals surface area contributed by atoms with Gasteiger partial charge in [-0.2, -0.15) is 13.2 Å². The van der Waals surface area contributed by atoms with Gasteiger partial charge in [0.15, 0.2) is 15.0 Å². The van der Waals surface area contributed by atoms with Crippen LogP contribution in [0.1, 0.15) is 29.5 Å². The zero-order chi connectivity index (χ0) is 23.1. The molecule has 1 saturated heterocycles. The van der Waals surface area contributed by atoms with Crippen molar-refractivity contribution in [2.75, 3.05) is 18.0 Å². The third kappa shape index (κ3) is 4.41. The third-order valence-electron chi connectivity index (χ3n) is 5.81. The van der Waals surface area contributed by atoms with Crippen LogP contribution >= 0.6 is 11.3 Å².